The molecule has 2 amide bonds. The lowest BCUT2D eigenvalue weighted by Gasteiger charge is -2.34. The predicted octanol–water partition coefficient (Wildman–Crippen LogP) is -0.0532. The minimum absolute atomic E-state index is 0.134. The van der Waals surface area contributed by atoms with Gasteiger partial charge in [-0.3, -0.25) is 19.9 Å². The third-order valence-electron chi connectivity index (χ3n) is 3.45. The molecule has 0 radical (unpaired) electrons. The van der Waals surface area contributed by atoms with Gasteiger partial charge in [0, 0.05) is 26.2 Å². The van der Waals surface area contributed by atoms with Gasteiger partial charge in [-0.15, -0.1) is 0 Å². The molecule has 0 atom stereocenters. The van der Waals surface area contributed by atoms with E-state index >= 15 is 0 Å². The molecule has 6 nitrogen and oxygen atoms in total. The van der Waals surface area contributed by atoms with E-state index in [2.05, 4.69) is 18.7 Å². The Labute approximate surface area is 115 Å². The van der Waals surface area contributed by atoms with Crippen molar-refractivity contribution in [3.05, 3.63) is 0 Å². The first-order chi connectivity index (χ1) is 9.02. The molecular formula is C13H26N4O2. The number of nitrogens with one attached hydrogen (secondary N) is 1. The number of nitrogens with two attached hydrogens (primary N) is 1. The van der Waals surface area contributed by atoms with Crippen LogP contribution >= 0.6 is 0 Å². The fourth-order valence-electron chi connectivity index (χ4n) is 2.24. The average Bonchev–Trinajstić information content (AvgIpc) is 2.38. The van der Waals surface area contributed by atoms with Crippen LogP contribution in [0.25, 0.3) is 0 Å². The molecule has 0 bridgehead atoms. The molecule has 0 unspecified atom stereocenters. The quantitative estimate of drug-likeness (QED) is 0.307. The van der Waals surface area contributed by atoms with E-state index in [1.807, 2.05) is 5.43 Å². The third-order valence-corrected chi connectivity index (χ3v) is 3.45. The Morgan fingerprint density at radius 3 is 2.37 bits per heavy atom. The molecule has 0 saturated carbocycles. The fraction of sp³-hybridized carbons (Fsp3) is 0.846. The van der Waals surface area contributed by atoms with Gasteiger partial charge in [-0.05, 0) is 25.3 Å². The first-order valence-corrected chi connectivity index (χ1v) is 7.02. The molecule has 0 aromatic rings. The van der Waals surface area contributed by atoms with E-state index in [0.29, 0.717) is 13.1 Å². The topological polar surface area (TPSA) is 78.7 Å². The molecule has 6 heteroatoms. The smallest absolute Gasteiger partial charge is 0.243 e. The zero-order chi connectivity index (χ0) is 14.3. The van der Waals surface area contributed by atoms with Crippen LogP contribution in [0.4, 0.5) is 0 Å². The summed E-state index contributed by atoms with van der Waals surface area (Å²) in [5.41, 5.74) is 1.99. The highest BCUT2D eigenvalue weighted by molar-refractivity contribution is 5.96. The Hall–Kier alpha value is -1.14. The molecule has 1 aliphatic heterocycles. The Bertz CT molecular complexity index is 299. The Morgan fingerprint density at radius 1 is 1.21 bits per heavy atom. The van der Waals surface area contributed by atoms with Crippen molar-refractivity contribution >= 4 is 11.8 Å². The maximum atomic E-state index is 11.8. The lowest BCUT2D eigenvalue weighted by molar-refractivity contribution is -0.137. The Kier molecular flexibility index (Phi) is 6.80. The summed E-state index contributed by atoms with van der Waals surface area (Å²) in [5.74, 6) is 5.16. The number of amides is 2. The molecule has 0 aromatic carbocycles. The number of hydrogen-bond donors (Lipinski definition) is 2. The molecule has 1 fully saturated rings. The van der Waals surface area contributed by atoms with Crippen LogP contribution in [0, 0.1) is 5.92 Å². The molecule has 0 aliphatic carbocycles. The number of nitrogens with zero attached hydrogens (tertiary/aromatic N) is 2. The minimum Gasteiger partial charge on any atom is -0.340 e. The van der Waals surface area contributed by atoms with Crippen molar-refractivity contribution in [3.63, 3.8) is 0 Å². The summed E-state index contributed by atoms with van der Waals surface area (Å²) in [4.78, 5) is 26.9. The van der Waals surface area contributed by atoms with Crippen LogP contribution in [-0.4, -0.2) is 54.3 Å². The summed E-state index contributed by atoms with van der Waals surface area (Å²) in [5, 5.41) is 0. The van der Waals surface area contributed by atoms with E-state index in [-0.39, 0.29) is 12.3 Å². The highest BCUT2D eigenvalue weighted by Gasteiger charge is 2.22. The molecule has 3 N–H and O–H groups in total. The molecule has 0 spiro atoms. The van der Waals surface area contributed by atoms with Crippen LogP contribution in [0.15, 0.2) is 0 Å². The zero-order valence-corrected chi connectivity index (χ0v) is 12.0. The summed E-state index contributed by atoms with van der Waals surface area (Å²) in [7, 11) is 0. The van der Waals surface area contributed by atoms with Gasteiger partial charge in [0.1, 0.15) is 6.42 Å². The van der Waals surface area contributed by atoms with Crippen molar-refractivity contribution < 1.29 is 9.59 Å². The largest absolute Gasteiger partial charge is 0.340 e. The molecule has 1 heterocycles. The molecule has 1 saturated heterocycles. The number of carbonyl (C=O) groups is 2. The number of hydrogen-bond acceptors (Lipinski definition) is 4. The lowest BCUT2D eigenvalue weighted by atomic mass is 10.1. The van der Waals surface area contributed by atoms with Crippen molar-refractivity contribution in [3.8, 4) is 0 Å². The molecule has 1 aliphatic rings. The number of carbonyl (C=O) groups excluding carboxylic acids is 2. The van der Waals surface area contributed by atoms with E-state index in [1.165, 1.54) is 12.8 Å². The van der Waals surface area contributed by atoms with E-state index in [9.17, 15) is 9.59 Å². The van der Waals surface area contributed by atoms with Crippen LogP contribution in [-0.2, 0) is 9.59 Å². The normalized spacial score (nSPS) is 16.7. The second-order valence-electron chi connectivity index (χ2n) is 5.50. The zero-order valence-electron chi connectivity index (χ0n) is 12.0. The summed E-state index contributed by atoms with van der Waals surface area (Å²) >= 11 is 0. The van der Waals surface area contributed by atoms with Gasteiger partial charge < -0.3 is 4.90 Å². The van der Waals surface area contributed by atoms with E-state index in [0.717, 1.165) is 25.6 Å². The number of hydrazine groups is 1. The van der Waals surface area contributed by atoms with Gasteiger partial charge in [-0.25, -0.2) is 5.84 Å². The van der Waals surface area contributed by atoms with Gasteiger partial charge in [0.25, 0.3) is 0 Å². The van der Waals surface area contributed by atoms with Gasteiger partial charge >= 0.3 is 0 Å². The van der Waals surface area contributed by atoms with E-state index < -0.39 is 5.91 Å². The molecular weight excluding hydrogens is 244 g/mol. The van der Waals surface area contributed by atoms with Gasteiger partial charge in [0.05, 0.1) is 0 Å². The van der Waals surface area contributed by atoms with E-state index in [4.69, 9.17) is 5.84 Å². The Morgan fingerprint density at radius 2 is 1.84 bits per heavy atom. The van der Waals surface area contributed by atoms with Crippen LogP contribution in [0.3, 0.4) is 0 Å². The first-order valence-electron chi connectivity index (χ1n) is 7.02. The monoisotopic (exact) mass is 270 g/mol. The van der Waals surface area contributed by atoms with Crippen molar-refractivity contribution in [1.82, 2.24) is 15.2 Å². The summed E-state index contributed by atoms with van der Waals surface area (Å²) < 4.78 is 0. The fourth-order valence-corrected chi connectivity index (χ4v) is 2.24. The summed E-state index contributed by atoms with van der Waals surface area (Å²) in [6, 6.07) is 0. The van der Waals surface area contributed by atoms with Gasteiger partial charge in [0.2, 0.25) is 11.8 Å². The average molecular weight is 270 g/mol. The third kappa shape index (κ3) is 6.02. The van der Waals surface area contributed by atoms with Gasteiger partial charge in [0.15, 0.2) is 0 Å². The van der Waals surface area contributed by atoms with Crippen LogP contribution in [0.1, 0.15) is 33.1 Å². The molecule has 1 rings (SSSR count). The molecule has 0 aromatic heterocycles. The van der Waals surface area contributed by atoms with Crippen molar-refractivity contribution in [2.24, 2.45) is 11.8 Å². The number of rotatable bonds is 6. The highest BCUT2D eigenvalue weighted by Crippen LogP contribution is 2.08. The summed E-state index contributed by atoms with van der Waals surface area (Å²) in [6.45, 7) is 8.78. The minimum atomic E-state index is -0.427. The standard InChI is InChI=1S/C13H26N4O2/c1-11(2)4-3-5-16-6-8-17(9-7-16)13(19)10-12(18)15-14/h11H,3-10,14H2,1-2H3,(H,15,18). The molecule has 110 valence electrons. The van der Waals surface area contributed by atoms with Gasteiger partial charge in [-0.2, -0.15) is 0 Å². The predicted molar refractivity (Wildman–Crippen MR) is 74.0 cm³/mol. The van der Waals surface area contributed by atoms with Crippen molar-refractivity contribution in [2.45, 2.75) is 33.1 Å². The van der Waals surface area contributed by atoms with E-state index in [1.54, 1.807) is 4.90 Å². The SMILES string of the molecule is CC(C)CCCN1CCN(C(=O)CC(=O)NN)CC1. The molecule has 19 heavy (non-hydrogen) atoms. The van der Waals surface area contributed by atoms with Crippen molar-refractivity contribution in [1.29, 1.82) is 0 Å². The first kappa shape index (κ1) is 15.9. The van der Waals surface area contributed by atoms with Crippen molar-refractivity contribution in [2.75, 3.05) is 32.7 Å². The van der Waals surface area contributed by atoms with Crippen LogP contribution in [0.5, 0.6) is 0 Å². The number of piperazine rings is 1. The Balaban J connectivity index is 2.21. The van der Waals surface area contributed by atoms with Gasteiger partial charge in [-0.1, -0.05) is 13.8 Å². The highest BCUT2D eigenvalue weighted by atomic mass is 16.2. The van der Waals surface area contributed by atoms with Crippen LogP contribution in [0.2, 0.25) is 0 Å². The second-order valence-corrected chi connectivity index (χ2v) is 5.50. The maximum Gasteiger partial charge on any atom is 0.243 e. The van der Waals surface area contributed by atoms with Crippen LogP contribution < -0.4 is 11.3 Å². The summed E-state index contributed by atoms with van der Waals surface area (Å²) in [6.07, 6.45) is 2.31. The second kappa shape index (κ2) is 8.12. The maximum absolute atomic E-state index is 11.8. The lowest BCUT2D eigenvalue weighted by Crippen LogP contribution is -2.49.